The first-order valence-electron chi connectivity index (χ1n) is 7.95. The van der Waals surface area contributed by atoms with Crippen LogP contribution < -0.4 is 20.9 Å². The molecule has 1 amide bonds. The lowest BCUT2D eigenvalue weighted by molar-refractivity contribution is -0.105. The predicted octanol–water partition coefficient (Wildman–Crippen LogP) is 2.08. The van der Waals surface area contributed by atoms with Crippen LogP contribution in [0.1, 0.15) is 19.3 Å². The number of nitrogens with one attached hydrogen (secondary N) is 2. The zero-order valence-corrected chi connectivity index (χ0v) is 13.0. The summed E-state index contributed by atoms with van der Waals surface area (Å²) in [6.07, 6.45) is 4.01. The molecule has 0 unspecified atom stereocenters. The average molecular weight is 313 g/mol. The number of hydrogen-bond donors (Lipinski definition) is 2. The number of anilines is 2. The number of rotatable bonds is 3. The van der Waals surface area contributed by atoms with E-state index in [1.807, 2.05) is 12.1 Å². The highest BCUT2D eigenvalue weighted by Gasteiger charge is 2.34. The van der Waals surface area contributed by atoms with E-state index in [9.17, 15) is 9.59 Å². The molecule has 2 aromatic rings. The second kappa shape index (κ2) is 5.30. The van der Waals surface area contributed by atoms with Crippen LogP contribution in [0.15, 0.2) is 23.0 Å². The number of aryl methyl sites for hydroxylation is 1. The van der Waals surface area contributed by atoms with Gasteiger partial charge in [0.2, 0.25) is 12.2 Å². The van der Waals surface area contributed by atoms with E-state index in [0.717, 1.165) is 23.0 Å². The van der Waals surface area contributed by atoms with Gasteiger partial charge in [-0.3, -0.25) is 9.59 Å². The molecule has 2 heterocycles. The monoisotopic (exact) mass is 313 g/mol. The van der Waals surface area contributed by atoms with Crippen molar-refractivity contribution in [1.82, 2.24) is 4.57 Å². The fourth-order valence-corrected chi connectivity index (χ4v) is 3.35. The van der Waals surface area contributed by atoms with Crippen LogP contribution in [0, 0.1) is 5.92 Å². The molecule has 120 valence electrons. The summed E-state index contributed by atoms with van der Waals surface area (Å²) in [6, 6.07) is 5.86. The maximum absolute atomic E-state index is 12.6. The van der Waals surface area contributed by atoms with Gasteiger partial charge in [-0.2, -0.15) is 0 Å². The Bertz CT molecular complexity index is 839. The molecule has 0 radical (unpaired) electrons. The summed E-state index contributed by atoms with van der Waals surface area (Å²) in [5, 5.41) is 7.10. The minimum atomic E-state index is -0.132. The number of amides is 1. The minimum Gasteiger partial charge on any atom is -0.486 e. The van der Waals surface area contributed by atoms with Crippen molar-refractivity contribution < 1.29 is 9.53 Å². The van der Waals surface area contributed by atoms with Crippen molar-refractivity contribution >= 4 is 28.7 Å². The maximum atomic E-state index is 12.6. The van der Waals surface area contributed by atoms with Gasteiger partial charge in [-0.25, -0.2) is 0 Å². The van der Waals surface area contributed by atoms with E-state index >= 15 is 0 Å². The van der Waals surface area contributed by atoms with Gasteiger partial charge >= 0.3 is 0 Å². The van der Waals surface area contributed by atoms with Crippen molar-refractivity contribution in [2.45, 2.75) is 25.3 Å². The molecule has 1 atom stereocenters. The van der Waals surface area contributed by atoms with Crippen LogP contribution in [0.5, 0.6) is 5.75 Å². The van der Waals surface area contributed by atoms with E-state index < -0.39 is 0 Å². The highest BCUT2D eigenvalue weighted by molar-refractivity contribution is 5.97. The number of hydrogen-bond acceptors (Lipinski definition) is 4. The Hall–Kier alpha value is -2.50. The smallest absolute Gasteiger partial charge is 0.295 e. The van der Waals surface area contributed by atoms with Crippen LogP contribution in [-0.4, -0.2) is 23.6 Å². The first-order chi connectivity index (χ1) is 11.2. The highest BCUT2D eigenvalue weighted by atomic mass is 16.5. The second-order valence-corrected chi connectivity index (χ2v) is 6.29. The summed E-state index contributed by atoms with van der Waals surface area (Å²) in [6.45, 7) is 0.550. The molecule has 1 saturated carbocycles. The van der Waals surface area contributed by atoms with Crippen LogP contribution in [0.3, 0.4) is 0 Å². The lowest BCUT2D eigenvalue weighted by Crippen LogP contribution is -2.23. The summed E-state index contributed by atoms with van der Waals surface area (Å²) in [7, 11) is 1.74. The first kappa shape index (κ1) is 14.1. The van der Waals surface area contributed by atoms with E-state index in [1.165, 1.54) is 12.8 Å². The van der Waals surface area contributed by atoms with E-state index in [4.69, 9.17) is 4.74 Å². The number of nitrogens with zero attached hydrogens (tertiary/aromatic N) is 1. The number of pyridine rings is 1. The SMILES string of the molecule is Cn1c(=O)c2c(c3cc(NC=O)ccc31)N[C@@H](C1CC1)CCO2. The number of benzene rings is 1. The van der Waals surface area contributed by atoms with Gasteiger partial charge in [0.1, 0.15) is 0 Å². The molecule has 4 rings (SSSR count). The number of carbonyl (C=O) groups excluding carboxylic acids is 1. The second-order valence-electron chi connectivity index (χ2n) is 6.29. The van der Waals surface area contributed by atoms with Crippen LogP contribution in [0.25, 0.3) is 10.9 Å². The Balaban J connectivity index is 1.94. The third-order valence-electron chi connectivity index (χ3n) is 4.77. The molecule has 6 heteroatoms. The fourth-order valence-electron chi connectivity index (χ4n) is 3.35. The van der Waals surface area contributed by atoms with Crippen molar-refractivity contribution in [3.05, 3.63) is 28.6 Å². The summed E-state index contributed by atoms with van der Waals surface area (Å²) in [5.41, 5.74) is 2.14. The van der Waals surface area contributed by atoms with Gasteiger partial charge in [0.25, 0.3) is 5.56 Å². The zero-order chi connectivity index (χ0) is 16.0. The van der Waals surface area contributed by atoms with Gasteiger partial charge < -0.3 is 19.9 Å². The molecule has 6 nitrogen and oxygen atoms in total. The van der Waals surface area contributed by atoms with Crippen molar-refractivity contribution in [2.24, 2.45) is 13.0 Å². The van der Waals surface area contributed by atoms with Crippen LogP contribution >= 0.6 is 0 Å². The molecule has 0 saturated heterocycles. The van der Waals surface area contributed by atoms with Crippen LogP contribution in [-0.2, 0) is 11.8 Å². The Morgan fingerprint density at radius 3 is 2.91 bits per heavy atom. The number of carbonyl (C=O) groups is 1. The molecule has 0 bridgehead atoms. The predicted molar refractivity (Wildman–Crippen MR) is 89.1 cm³/mol. The van der Waals surface area contributed by atoms with E-state index in [-0.39, 0.29) is 5.56 Å². The van der Waals surface area contributed by atoms with Crippen LogP contribution in [0.4, 0.5) is 11.4 Å². The average Bonchev–Trinajstić information content (AvgIpc) is 3.38. The summed E-state index contributed by atoms with van der Waals surface area (Å²) >= 11 is 0. The summed E-state index contributed by atoms with van der Waals surface area (Å²) in [4.78, 5) is 23.3. The number of fused-ring (bicyclic) bond motifs is 3. The topological polar surface area (TPSA) is 72.4 Å². The van der Waals surface area contributed by atoms with Gasteiger partial charge in [0.05, 0.1) is 17.8 Å². The zero-order valence-electron chi connectivity index (χ0n) is 13.0. The molecular formula is C17H19N3O3. The largest absolute Gasteiger partial charge is 0.486 e. The Labute approximate surface area is 133 Å². The Kier molecular flexibility index (Phi) is 3.25. The maximum Gasteiger partial charge on any atom is 0.295 e. The first-order valence-corrected chi connectivity index (χ1v) is 7.95. The van der Waals surface area contributed by atoms with Gasteiger partial charge in [0.15, 0.2) is 0 Å². The lowest BCUT2D eigenvalue weighted by Gasteiger charge is -2.19. The molecule has 1 aliphatic heterocycles. The van der Waals surface area contributed by atoms with E-state index in [0.29, 0.717) is 36.4 Å². The van der Waals surface area contributed by atoms with Crippen molar-refractivity contribution in [3.8, 4) is 5.75 Å². The summed E-state index contributed by atoms with van der Waals surface area (Å²) in [5.74, 6) is 1.05. The molecule has 2 aliphatic rings. The molecule has 0 spiro atoms. The Morgan fingerprint density at radius 1 is 1.35 bits per heavy atom. The number of aromatic nitrogens is 1. The molecule has 1 aromatic heterocycles. The standard InChI is InChI=1S/C17H19N3O3/c1-20-14-5-4-11(18-9-21)8-12(14)15-16(17(20)22)23-7-6-13(19-15)10-2-3-10/h4-5,8-10,13,19H,2-3,6-7H2,1H3,(H,18,21)/t13-/m1/s1. The lowest BCUT2D eigenvalue weighted by atomic mass is 10.1. The van der Waals surface area contributed by atoms with Gasteiger partial charge in [-0.05, 0) is 37.0 Å². The van der Waals surface area contributed by atoms with Crippen LogP contribution in [0.2, 0.25) is 0 Å². The molecule has 23 heavy (non-hydrogen) atoms. The van der Waals surface area contributed by atoms with E-state index in [2.05, 4.69) is 10.6 Å². The quantitative estimate of drug-likeness (QED) is 0.851. The summed E-state index contributed by atoms with van der Waals surface area (Å²) < 4.78 is 7.39. The van der Waals surface area contributed by atoms with Gasteiger partial charge in [0, 0.05) is 30.6 Å². The van der Waals surface area contributed by atoms with Gasteiger partial charge in [-0.15, -0.1) is 0 Å². The fraction of sp³-hybridized carbons (Fsp3) is 0.412. The third kappa shape index (κ3) is 2.34. The molecule has 1 aromatic carbocycles. The van der Waals surface area contributed by atoms with Crippen molar-refractivity contribution in [2.75, 3.05) is 17.2 Å². The van der Waals surface area contributed by atoms with Crippen molar-refractivity contribution in [1.29, 1.82) is 0 Å². The Morgan fingerprint density at radius 2 is 2.17 bits per heavy atom. The van der Waals surface area contributed by atoms with Crippen molar-refractivity contribution in [3.63, 3.8) is 0 Å². The van der Waals surface area contributed by atoms with Gasteiger partial charge in [-0.1, -0.05) is 0 Å². The molecular weight excluding hydrogens is 294 g/mol. The normalized spacial score (nSPS) is 20.1. The molecule has 1 fully saturated rings. The minimum absolute atomic E-state index is 0.132. The highest BCUT2D eigenvalue weighted by Crippen LogP contribution is 2.40. The molecule has 2 N–H and O–H groups in total. The molecule has 1 aliphatic carbocycles. The third-order valence-corrected chi connectivity index (χ3v) is 4.77. The number of ether oxygens (including phenoxy) is 1. The van der Waals surface area contributed by atoms with E-state index in [1.54, 1.807) is 17.7 Å².